The lowest BCUT2D eigenvalue weighted by atomic mass is 10.1. The molecule has 0 aliphatic carbocycles. The summed E-state index contributed by atoms with van der Waals surface area (Å²) in [7, 11) is 3.35. The summed E-state index contributed by atoms with van der Waals surface area (Å²) in [4.78, 5) is 19.7. The zero-order valence-electron chi connectivity index (χ0n) is 11.7. The molecule has 21 heavy (non-hydrogen) atoms. The van der Waals surface area contributed by atoms with Crippen LogP contribution < -0.4 is 15.4 Å². The monoisotopic (exact) mass is 298 g/mol. The SMILES string of the molecule is CN1CN([C@@H]2O[C@H](CO)[C@@H](O)[C@H]2O)c2ncn(C)c(=O)c21. The van der Waals surface area contributed by atoms with Crippen molar-refractivity contribution in [3.8, 4) is 0 Å². The summed E-state index contributed by atoms with van der Waals surface area (Å²) >= 11 is 0. The third-order valence-corrected chi connectivity index (χ3v) is 3.93. The second kappa shape index (κ2) is 4.95. The van der Waals surface area contributed by atoms with Gasteiger partial charge in [0.05, 0.1) is 19.6 Å². The molecule has 3 N–H and O–H groups in total. The number of anilines is 2. The van der Waals surface area contributed by atoms with Crippen LogP contribution in [0.4, 0.5) is 11.5 Å². The van der Waals surface area contributed by atoms with Crippen molar-refractivity contribution in [2.45, 2.75) is 24.5 Å². The summed E-state index contributed by atoms with van der Waals surface area (Å²) in [6.07, 6.45) is -2.69. The van der Waals surface area contributed by atoms with Gasteiger partial charge in [0.2, 0.25) is 0 Å². The van der Waals surface area contributed by atoms with Gasteiger partial charge in [-0.25, -0.2) is 4.98 Å². The Bertz CT molecular complexity index is 606. The quantitative estimate of drug-likeness (QED) is 0.546. The smallest absolute Gasteiger partial charge is 0.278 e. The number of hydrogen-bond acceptors (Lipinski definition) is 8. The summed E-state index contributed by atoms with van der Waals surface area (Å²) in [6.45, 7) is -0.0938. The van der Waals surface area contributed by atoms with Gasteiger partial charge in [-0.3, -0.25) is 4.79 Å². The lowest BCUT2D eigenvalue weighted by Gasteiger charge is -2.27. The van der Waals surface area contributed by atoms with E-state index in [1.807, 2.05) is 0 Å². The molecule has 1 aromatic rings. The third kappa shape index (κ3) is 2.01. The molecule has 0 spiro atoms. The maximum absolute atomic E-state index is 12.2. The average Bonchev–Trinajstić information content (AvgIpc) is 2.94. The Hall–Kier alpha value is -1.68. The molecule has 3 rings (SSSR count). The number of aliphatic hydroxyl groups is 3. The number of nitrogens with zero attached hydrogens (tertiary/aromatic N) is 4. The van der Waals surface area contributed by atoms with Crippen molar-refractivity contribution in [2.24, 2.45) is 7.05 Å². The Balaban J connectivity index is 1.97. The van der Waals surface area contributed by atoms with E-state index in [9.17, 15) is 15.0 Å². The number of aliphatic hydroxyl groups excluding tert-OH is 3. The Kier molecular flexibility index (Phi) is 3.36. The van der Waals surface area contributed by atoms with Crippen LogP contribution in [0.5, 0.6) is 0 Å². The fraction of sp³-hybridized carbons (Fsp3) is 0.667. The van der Waals surface area contributed by atoms with Crippen LogP contribution in [0.25, 0.3) is 0 Å². The molecule has 0 radical (unpaired) electrons. The lowest BCUT2D eigenvalue weighted by molar-refractivity contribution is -0.0221. The summed E-state index contributed by atoms with van der Waals surface area (Å²) in [5.74, 6) is 0.399. The van der Waals surface area contributed by atoms with Crippen LogP contribution in [0.1, 0.15) is 0 Å². The largest absolute Gasteiger partial charge is 0.394 e. The normalized spacial score (nSPS) is 31.9. The van der Waals surface area contributed by atoms with Crippen LogP contribution in [-0.2, 0) is 11.8 Å². The van der Waals surface area contributed by atoms with Gasteiger partial charge in [-0.05, 0) is 0 Å². The molecule has 116 valence electrons. The minimum absolute atomic E-state index is 0.197. The van der Waals surface area contributed by atoms with Crippen LogP contribution in [0.2, 0.25) is 0 Å². The Morgan fingerprint density at radius 2 is 2.10 bits per heavy atom. The second-order valence-corrected chi connectivity index (χ2v) is 5.37. The van der Waals surface area contributed by atoms with Crippen LogP contribution in [0, 0.1) is 0 Å². The second-order valence-electron chi connectivity index (χ2n) is 5.37. The van der Waals surface area contributed by atoms with Gasteiger partial charge < -0.3 is 34.4 Å². The van der Waals surface area contributed by atoms with E-state index in [-0.39, 0.29) is 5.56 Å². The minimum Gasteiger partial charge on any atom is -0.394 e. The maximum Gasteiger partial charge on any atom is 0.278 e. The van der Waals surface area contributed by atoms with E-state index in [1.54, 1.807) is 23.9 Å². The summed E-state index contributed by atoms with van der Waals surface area (Å²) in [5.41, 5.74) is 0.217. The van der Waals surface area contributed by atoms with Gasteiger partial charge in [-0.15, -0.1) is 0 Å². The van der Waals surface area contributed by atoms with E-state index in [0.717, 1.165) is 0 Å². The van der Waals surface area contributed by atoms with E-state index in [0.29, 0.717) is 18.2 Å². The number of ether oxygens (including phenoxy) is 1. The molecule has 9 heteroatoms. The molecule has 9 nitrogen and oxygen atoms in total. The van der Waals surface area contributed by atoms with Crippen molar-refractivity contribution in [1.82, 2.24) is 9.55 Å². The van der Waals surface area contributed by atoms with Gasteiger partial charge in [0, 0.05) is 14.1 Å². The first kappa shape index (κ1) is 14.3. The first-order chi connectivity index (χ1) is 9.95. The number of aromatic nitrogens is 2. The molecule has 1 fully saturated rings. The highest BCUT2D eigenvalue weighted by atomic mass is 16.6. The highest BCUT2D eigenvalue weighted by Crippen LogP contribution is 2.35. The number of aryl methyl sites for hydroxylation is 1. The number of fused-ring (bicyclic) bond motifs is 1. The van der Waals surface area contributed by atoms with E-state index in [4.69, 9.17) is 9.84 Å². The molecule has 2 aliphatic heterocycles. The van der Waals surface area contributed by atoms with Crippen molar-refractivity contribution >= 4 is 11.5 Å². The van der Waals surface area contributed by atoms with Crippen molar-refractivity contribution in [3.63, 3.8) is 0 Å². The molecule has 0 unspecified atom stereocenters. The summed E-state index contributed by atoms with van der Waals surface area (Å²) in [5, 5.41) is 29.1. The van der Waals surface area contributed by atoms with Gasteiger partial charge in [-0.1, -0.05) is 0 Å². The van der Waals surface area contributed by atoms with Gasteiger partial charge in [0.15, 0.2) is 12.0 Å². The van der Waals surface area contributed by atoms with Gasteiger partial charge in [0.1, 0.15) is 24.0 Å². The van der Waals surface area contributed by atoms with Gasteiger partial charge in [-0.2, -0.15) is 0 Å². The summed E-state index contributed by atoms with van der Waals surface area (Å²) < 4.78 is 6.87. The molecule has 0 amide bonds. The zero-order chi connectivity index (χ0) is 15.3. The standard InChI is InChI=1S/C12H18N4O5/c1-14-4-13-10-7(11(14)20)15(2)5-16(10)12-9(19)8(18)6(3-17)21-12/h4,6,8-9,12,17-19H,3,5H2,1-2H3/t6-,8-,9-,12-/m1/s1. The molecule has 1 saturated heterocycles. The van der Waals surface area contributed by atoms with Crippen LogP contribution in [0.15, 0.2) is 11.1 Å². The fourth-order valence-electron chi connectivity index (χ4n) is 2.77. The highest BCUT2D eigenvalue weighted by molar-refractivity contribution is 5.71. The van der Waals surface area contributed by atoms with E-state index >= 15 is 0 Å². The van der Waals surface area contributed by atoms with E-state index < -0.39 is 31.1 Å². The molecule has 4 atom stereocenters. The van der Waals surface area contributed by atoms with Crippen LogP contribution >= 0.6 is 0 Å². The zero-order valence-corrected chi connectivity index (χ0v) is 11.7. The lowest BCUT2D eigenvalue weighted by Crippen LogP contribution is -2.45. The predicted molar refractivity (Wildman–Crippen MR) is 73.0 cm³/mol. The van der Waals surface area contributed by atoms with Gasteiger partial charge >= 0.3 is 0 Å². The Morgan fingerprint density at radius 3 is 2.71 bits per heavy atom. The molecule has 0 bridgehead atoms. The maximum atomic E-state index is 12.2. The van der Waals surface area contributed by atoms with Gasteiger partial charge in [0.25, 0.3) is 5.56 Å². The first-order valence-electron chi connectivity index (χ1n) is 6.61. The topological polar surface area (TPSA) is 111 Å². The molecule has 2 aliphatic rings. The number of rotatable bonds is 2. The highest BCUT2D eigenvalue weighted by Gasteiger charge is 2.48. The molecule has 0 saturated carbocycles. The summed E-state index contributed by atoms with van der Waals surface area (Å²) in [6, 6.07) is 0. The number of hydrogen-bond donors (Lipinski definition) is 3. The van der Waals surface area contributed by atoms with Crippen molar-refractivity contribution in [2.75, 3.05) is 30.1 Å². The molecular weight excluding hydrogens is 280 g/mol. The molecule has 0 aromatic carbocycles. The van der Waals surface area contributed by atoms with Crippen molar-refractivity contribution < 1.29 is 20.1 Å². The average molecular weight is 298 g/mol. The minimum atomic E-state index is -1.19. The van der Waals surface area contributed by atoms with E-state index in [1.165, 1.54) is 10.9 Å². The molecular formula is C12H18N4O5. The predicted octanol–water partition coefficient (Wildman–Crippen LogP) is -2.57. The third-order valence-electron chi connectivity index (χ3n) is 3.93. The van der Waals surface area contributed by atoms with Crippen molar-refractivity contribution in [3.05, 3.63) is 16.7 Å². The fourth-order valence-corrected chi connectivity index (χ4v) is 2.77. The van der Waals surface area contributed by atoms with Crippen LogP contribution in [0.3, 0.4) is 0 Å². The van der Waals surface area contributed by atoms with Crippen molar-refractivity contribution in [1.29, 1.82) is 0 Å². The molecule has 3 heterocycles. The first-order valence-corrected chi connectivity index (χ1v) is 6.61. The van der Waals surface area contributed by atoms with E-state index in [2.05, 4.69) is 4.98 Å². The van der Waals surface area contributed by atoms with Crippen LogP contribution in [-0.4, -0.2) is 69.7 Å². The molecule has 1 aromatic heterocycles. The Labute approximate surface area is 120 Å². The Morgan fingerprint density at radius 1 is 1.38 bits per heavy atom.